The Labute approximate surface area is 187 Å². The quantitative estimate of drug-likeness (QED) is 0.469. The van der Waals surface area contributed by atoms with E-state index in [4.69, 9.17) is 10.2 Å². The van der Waals surface area contributed by atoms with Crippen LogP contribution in [0.4, 0.5) is 11.5 Å². The lowest BCUT2D eigenvalue weighted by molar-refractivity contribution is 0.135. The predicted octanol–water partition coefficient (Wildman–Crippen LogP) is 5.00. The van der Waals surface area contributed by atoms with Crippen molar-refractivity contribution in [1.82, 2.24) is 24.8 Å². The van der Waals surface area contributed by atoms with Crippen molar-refractivity contribution in [3.8, 4) is 6.07 Å². The molecule has 0 bridgehead atoms. The number of H-pyrrole nitrogens is 1. The molecule has 7 heteroatoms. The zero-order valence-electron chi connectivity index (χ0n) is 18.0. The summed E-state index contributed by atoms with van der Waals surface area (Å²) in [5.41, 5.74) is 4.64. The van der Waals surface area contributed by atoms with Crippen LogP contribution in [0.1, 0.15) is 48.2 Å². The summed E-state index contributed by atoms with van der Waals surface area (Å²) in [7, 11) is 0. The summed E-state index contributed by atoms with van der Waals surface area (Å²) >= 11 is 0. The number of piperidine rings is 1. The molecule has 1 aliphatic rings. The number of nitriles is 1. The van der Waals surface area contributed by atoms with E-state index in [0.717, 1.165) is 42.5 Å². The van der Waals surface area contributed by atoms with Crippen molar-refractivity contribution < 1.29 is 0 Å². The molecule has 0 amide bonds. The number of nitrogens with one attached hydrogen (secondary N) is 2. The summed E-state index contributed by atoms with van der Waals surface area (Å²) in [6.07, 6.45) is 5.12. The van der Waals surface area contributed by atoms with Crippen LogP contribution in [0.25, 0.3) is 10.9 Å². The van der Waals surface area contributed by atoms with Gasteiger partial charge in [-0.05, 0) is 56.0 Å². The minimum Gasteiger partial charge on any atom is -0.357 e. The molecule has 2 N–H and O–H groups in total. The van der Waals surface area contributed by atoms with Crippen LogP contribution in [0.15, 0.2) is 54.7 Å². The number of aromatic amines is 1. The number of para-hydroxylation sites is 1. The van der Waals surface area contributed by atoms with Crippen LogP contribution in [0, 0.1) is 18.3 Å². The van der Waals surface area contributed by atoms with E-state index in [1.54, 1.807) is 12.3 Å². The third-order valence-electron chi connectivity index (χ3n) is 5.92. The summed E-state index contributed by atoms with van der Waals surface area (Å²) in [6.45, 7) is 3.84. The van der Waals surface area contributed by atoms with Gasteiger partial charge < -0.3 is 10.3 Å². The number of likely N-dealkylation sites (tertiary alicyclic amines) is 1. The number of fused-ring (bicyclic) bond motifs is 1. The van der Waals surface area contributed by atoms with Crippen molar-refractivity contribution in [1.29, 1.82) is 5.26 Å². The fourth-order valence-electron chi connectivity index (χ4n) is 4.46. The van der Waals surface area contributed by atoms with Gasteiger partial charge in [-0.1, -0.05) is 24.6 Å². The van der Waals surface area contributed by atoms with Gasteiger partial charge in [-0.15, -0.1) is 0 Å². The van der Waals surface area contributed by atoms with Gasteiger partial charge in [0.1, 0.15) is 23.4 Å². The average Bonchev–Trinajstić information content (AvgIpc) is 3.22. The molecule has 7 nitrogen and oxygen atoms in total. The molecule has 32 heavy (non-hydrogen) atoms. The standard InChI is InChI=1S/C25H25N7/c1-17-28-23(13-25(29-17)31-20-10-9-19(14-26)27-15-20)24-8-4-5-11-32(24)16-21-12-18-6-2-3-7-22(18)30-21/h2-3,6-7,9-10,12-13,15,24,30H,4-5,8,11,16H2,1H3,(H,28,29,31)/t24-/m0/s1. The van der Waals surface area contributed by atoms with Crippen LogP contribution in [0.2, 0.25) is 0 Å². The maximum absolute atomic E-state index is 8.95. The lowest BCUT2D eigenvalue weighted by atomic mass is 9.98. The molecule has 0 radical (unpaired) electrons. The van der Waals surface area contributed by atoms with Crippen LogP contribution in [0.5, 0.6) is 0 Å². The molecule has 0 saturated carbocycles. The van der Waals surface area contributed by atoms with Crippen molar-refractivity contribution in [3.05, 3.63) is 77.6 Å². The van der Waals surface area contributed by atoms with E-state index in [9.17, 15) is 0 Å². The van der Waals surface area contributed by atoms with Crippen molar-refractivity contribution in [2.75, 3.05) is 11.9 Å². The molecular weight excluding hydrogens is 398 g/mol. The zero-order valence-corrected chi connectivity index (χ0v) is 18.0. The fraction of sp³-hybridized carbons (Fsp3) is 0.280. The molecule has 160 valence electrons. The van der Waals surface area contributed by atoms with Crippen LogP contribution in [-0.4, -0.2) is 31.4 Å². The molecule has 4 aromatic rings. The second kappa shape index (κ2) is 8.77. The Hall–Kier alpha value is -3.76. The Morgan fingerprint density at radius 2 is 2.06 bits per heavy atom. The summed E-state index contributed by atoms with van der Waals surface area (Å²) < 4.78 is 0. The van der Waals surface area contributed by atoms with Gasteiger partial charge in [0, 0.05) is 23.8 Å². The maximum atomic E-state index is 8.95. The second-order valence-corrected chi connectivity index (χ2v) is 8.26. The molecule has 4 heterocycles. The average molecular weight is 424 g/mol. The van der Waals surface area contributed by atoms with E-state index < -0.39 is 0 Å². The molecule has 0 unspecified atom stereocenters. The van der Waals surface area contributed by atoms with E-state index in [1.165, 1.54) is 29.4 Å². The number of aryl methyl sites for hydroxylation is 1. The molecule has 1 aliphatic heterocycles. The molecule has 1 atom stereocenters. The molecule has 1 fully saturated rings. The van der Waals surface area contributed by atoms with Crippen LogP contribution in [-0.2, 0) is 6.54 Å². The molecular formula is C25H25N7. The first-order valence-electron chi connectivity index (χ1n) is 11.0. The topological polar surface area (TPSA) is 93.5 Å². The first-order valence-corrected chi connectivity index (χ1v) is 11.0. The summed E-state index contributed by atoms with van der Waals surface area (Å²) in [5, 5.41) is 13.5. The van der Waals surface area contributed by atoms with Crippen molar-refractivity contribution in [3.63, 3.8) is 0 Å². The molecule has 1 aromatic carbocycles. The van der Waals surface area contributed by atoms with E-state index in [-0.39, 0.29) is 6.04 Å². The van der Waals surface area contributed by atoms with Crippen LogP contribution >= 0.6 is 0 Å². The van der Waals surface area contributed by atoms with Gasteiger partial charge in [0.2, 0.25) is 0 Å². The van der Waals surface area contributed by atoms with Gasteiger partial charge in [-0.2, -0.15) is 5.26 Å². The summed E-state index contributed by atoms with van der Waals surface area (Å²) in [6, 6.07) is 18.5. The summed E-state index contributed by atoms with van der Waals surface area (Å²) in [4.78, 5) is 19.6. The number of benzene rings is 1. The predicted molar refractivity (Wildman–Crippen MR) is 124 cm³/mol. The lowest BCUT2D eigenvalue weighted by Gasteiger charge is -2.35. The Morgan fingerprint density at radius 3 is 2.88 bits per heavy atom. The van der Waals surface area contributed by atoms with Crippen molar-refractivity contribution in [2.24, 2.45) is 0 Å². The fourth-order valence-corrected chi connectivity index (χ4v) is 4.46. The number of hydrogen-bond acceptors (Lipinski definition) is 6. The first kappa shape index (κ1) is 20.2. The first-order chi connectivity index (χ1) is 15.7. The van der Waals surface area contributed by atoms with Gasteiger partial charge in [0.25, 0.3) is 0 Å². The Morgan fingerprint density at radius 1 is 1.16 bits per heavy atom. The molecule has 0 aliphatic carbocycles. The zero-order chi connectivity index (χ0) is 21.9. The third kappa shape index (κ3) is 4.32. The highest BCUT2D eigenvalue weighted by molar-refractivity contribution is 5.80. The number of rotatable bonds is 5. The molecule has 3 aromatic heterocycles. The lowest BCUT2D eigenvalue weighted by Crippen LogP contribution is -2.33. The van der Waals surface area contributed by atoms with Crippen LogP contribution in [0.3, 0.4) is 0 Å². The number of aromatic nitrogens is 4. The minimum absolute atomic E-state index is 0.247. The number of hydrogen-bond donors (Lipinski definition) is 2. The van der Waals surface area contributed by atoms with Gasteiger partial charge in [-0.3, -0.25) is 4.90 Å². The smallest absolute Gasteiger partial charge is 0.140 e. The monoisotopic (exact) mass is 423 g/mol. The molecule has 1 saturated heterocycles. The largest absolute Gasteiger partial charge is 0.357 e. The van der Waals surface area contributed by atoms with Crippen LogP contribution < -0.4 is 5.32 Å². The minimum atomic E-state index is 0.247. The molecule has 5 rings (SSSR count). The highest BCUT2D eigenvalue weighted by Gasteiger charge is 2.26. The van der Waals surface area contributed by atoms with Gasteiger partial charge in [0.05, 0.1) is 23.6 Å². The number of nitrogens with zero attached hydrogens (tertiary/aromatic N) is 5. The van der Waals surface area contributed by atoms with E-state index in [1.807, 2.05) is 25.1 Å². The Kier molecular flexibility index (Phi) is 5.53. The number of anilines is 2. The summed E-state index contributed by atoms with van der Waals surface area (Å²) in [5.74, 6) is 1.48. The number of pyridine rings is 1. The SMILES string of the molecule is Cc1nc(Nc2ccc(C#N)nc2)cc([C@@H]2CCCCN2Cc2cc3ccccc3[nH]2)n1. The second-order valence-electron chi connectivity index (χ2n) is 8.26. The van der Waals surface area contributed by atoms with Gasteiger partial charge in [0.15, 0.2) is 0 Å². The molecule has 0 spiro atoms. The van der Waals surface area contributed by atoms with Crippen molar-refractivity contribution in [2.45, 2.75) is 38.8 Å². The Balaban J connectivity index is 1.39. The Bertz CT molecular complexity index is 1240. The van der Waals surface area contributed by atoms with E-state index >= 15 is 0 Å². The highest BCUT2D eigenvalue weighted by Crippen LogP contribution is 2.32. The van der Waals surface area contributed by atoms with Gasteiger partial charge in [-0.25, -0.2) is 15.0 Å². The van der Waals surface area contributed by atoms with E-state index in [2.05, 4.69) is 55.5 Å². The normalized spacial score (nSPS) is 16.7. The van der Waals surface area contributed by atoms with Gasteiger partial charge >= 0.3 is 0 Å². The van der Waals surface area contributed by atoms with E-state index in [0.29, 0.717) is 5.69 Å². The maximum Gasteiger partial charge on any atom is 0.140 e. The highest BCUT2D eigenvalue weighted by atomic mass is 15.2. The van der Waals surface area contributed by atoms with Crippen molar-refractivity contribution >= 4 is 22.4 Å². The third-order valence-corrected chi connectivity index (χ3v) is 5.92.